The quantitative estimate of drug-likeness (QED) is 0.0262. The number of esters is 3. The molecule has 0 fully saturated rings. The van der Waals surface area contributed by atoms with Crippen molar-refractivity contribution in [2.75, 3.05) is 13.2 Å². The average Bonchev–Trinajstić information content (AvgIpc) is 3.35. The molecule has 0 aliphatic carbocycles. The summed E-state index contributed by atoms with van der Waals surface area (Å²) < 4.78 is 16.8. The van der Waals surface area contributed by atoms with E-state index in [4.69, 9.17) is 14.2 Å². The minimum absolute atomic E-state index is 0.112. The van der Waals surface area contributed by atoms with E-state index < -0.39 is 6.10 Å². The van der Waals surface area contributed by atoms with Crippen molar-refractivity contribution in [3.05, 3.63) is 109 Å². The number of carbonyl (C=O) groups excluding carboxylic acids is 3. The van der Waals surface area contributed by atoms with E-state index in [1.54, 1.807) is 0 Å². The van der Waals surface area contributed by atoms with Gasteiger partial charge in [0.25, 0.3) is 0 Å². The number of carbonyl (C=O) groups is 3. The van der Waals surface area contributed by atoms with Crippen molar-refractivity contribution < 1.29 is 28.6 Å². The first kappa shape index (κ1) is 65.1. The third kappa shape index (κ3) is 54.9. The van der Waals surface area contributed by atoms with Crippen LogP contribution in [0.1, 0.15) is 252 Å². The average molecular weight is 958 g/mol. The minimum Gasteiger partial charge on any atom is -0.462 e. The molecule has 0 amide bonds. The Bertz CT molecular complexity index is 1420. The highest BCUT2D eigenvalue weighted by atomic mass is 16.6. The van der Waals surface area contributed by atoms with Crippen molar-refractivity contribution >= 4 is 17.9 Å². The van der Waals surface area contributed by atoms with Gasteiger partial charge in [0, 0.05) is 19.3 Å². The molecular weight excluding hydrogens is 853 g/mol. The molecule has 69 heavy (non-hydrogen) atoms. The third-order valence-corrected chi connectivity index (χ3v) is 11.8. The van der Waals surface area contributed by atoms with E-state index in [1.807, 2.05) is 0 Å². The summed E-state index contributed by atoms with van der Waals surface area (Å²) in [6.45, 7) is 6.34. The number of ether oxygens (including phenoxy) is 3. The van der Waals surface area contributed by atoms with Crippen molar-refractivity contribution in [3.63, 3.8) is 0 Å². The first-order chi connectivity index (χ1) is 34.0. The molecule has 6 nitrogen and oxygen atoms in total. The molecule has 0 radical (unpaired) electrons. The van der Waals surface area contributed by atoms with Gasteiger partial charge in [0.05, 0.1) is 0 Å². The van der Waals surface area contributed by atoms with Crippen LogP contribution in [0.3, 0.4) is 0 Å². The van der Waals surface area contributed by atoms with Crippen LogP contribution in [0.25, 0.3) is 0 Å². The molecule has 0 saturated carbocycles. The molecule has 392 valence electrons. The maximum Gasteiger partial charge on any atom is 0.306 e. The number of hydrogen-bond donors (Lipinski definition) is 0. The zero-order valence-electron chi connectivity index (χ0n) is 44.8. The van der Waals surface area contributed by atoms with Gasteiger partial charge in [-0.1, -0.05) is 246 Å². The molecule has 0 aromatic rings. The van der Waals surface area contributed by atoms with E-state index in [2.05, 4.69) is 130 Å². The Labute approximate surface area is 425 Å². The molecule has 0 aliphatic rings. The van der Waals surface area contributed by atoms with Gasteiger partial charge in [-0.3, -0.25) is 14.4 Å². The smallest absolute Gasteiger partial charge is 0.306 e. The molecular formula is C63H104O6. The van der Waals surface area contributed by atoms with Crippen molar-refractivity contribution in [1.82, 2.24) is 0 Å². The van der Waals surface area contributed by atoms with E-state index in [0.717, 1.165) is 96.3 Å². The minimum atomic E-state index is -0.823. The summed E-state index contributed by atoms with van der Waals surface area (Å²) in [4.78, 5) is 38.1. The predicted molar refractivity (Wildman–Crippen MR) is 297 cm³/mol. The SMILES string of the molecule is CC/C=C\C/C=C\C/C=C\C/C=C\C/C=C\CCCC(=O)OC[C@H](COC(=O)CCCCCCCCCCCCCCCCCCCCC)OC(=O)CCCC/C=C\C/C=C\C/C=C\C/C=C\CC. The van der Waals surface area contributed by atoms with Crippen LogP contribution in [0.4, 0.5) is 0 Å². The Balaban J connectivity index is 4.49. The fourth-order valence-electron chi connectivity index (χ4n) is 7.59. The Hall–Kier alpha value is -3.93. The number of unbranched alkanes of at least 4 members (excludes halogenated alkanes) is 21. The van der Waals surface area contributed by atoms with Crippen molar-refractivity contribution in [1.29, 1.82) is 0 Å². The van der Waals surface area contributed by atoms with E-state index in [9.17, 15) is 14.4 Å². The lowest BCUT2D eigenvalue weighted by molar-refractivity contribution is -0.167. The third-order valence-electron chi connectivity index (χ3n) is 11.8. The standard InChI is InChI=1S/C63H104O6/c1-4-7-10-13-16-19-22-25-28-30-31-33-36-38-41-44-47-50-53-56-62(65)68-59-60(69-63(66)57-54-51-48-45-42-39-34-27-24-21-18-15-12-9-6-3)58-67-61(64)55-52-49-46-43-40-37-35-32-29-26-23-20-17-14-11-8-5-2/h8-9,11-12,17-18,20-21,26-27,29,34-35,37,42-43,45-46,60H,4-7,10,13-16,19,22-25,28,30-33,36,38-41,44,47-59H2,1-3H3/b11-8-,12-9-,20-17-,21-18-,29-26-,34-27-,37-35-,45-42-,46-43-/t60-/m1/s1. The Morgan fingerprint density at radius 2 is 0.580 bits per heavy atom. The van der Waals surface area contributed by atoms with Crippen molar-refractivity contribution in [2.24, 2.45) is 0 Å². The summed E-state index contributed by atoms with van der Waals surface area (Å²) in [6.07, 6.45) is 76.6. The lowest BCUT2D eigenvalue weighted by Gasteiger charge is -2.18. The normalized spacial score (nSPS) is 12.9. The van der Waals surface area contributed by atoms with Gasteiger partial charge in [-0.15, -0.1) is 0 Å². The van der Waals surface area contributed by atoms with E-state index in [1.165, 1.54) is 103 Å². The number of allylic oxidation sites excluding steroid dienone is 18. The molecule has 0 heterocycles. The first-order valence-corrected chi connectivity index (χ1v) is 28.4. The molecule has 0 aromatic heterocycles. The summed E-state index contributed by atoms with van der Waals surface area (Å²) in [5, 5.41) is 0. The van der Waals surface area contributed by atoms with Crippen LogP contribution in [0.5, 0.6) is 0 Å². The summed E-state index contributed by atoms with van der Waals surface area (Å²) in [7, 11) is 0. The second-order valence-corrected chi connectivity index (χ2v) is 18.4. The van der Waals surface area contributed by atoms with Crippen molar-refractivity contribution in [2.45, 2.75) is 258 Å². The second kappa shape index (κ2) is 56.7. The maximum absolute atomic E-state index is 12.8. The molecule has 0 unspecified atom stereocenters. The van der Waals surface area contributed by atoms with Gasteiger partial charge < -0.3 is 14.2 Å². The Morgan fingerprint density at radius 3 is 0.942 bits per heavy atom. The van der Waals surface area contributed by atoms with Crippen LogP contribution in [0.15, 0.2) is 109 Å². The molecule has 0 spiro atoms. The summed E-state index contributed by atoms with van der Waals surface area (Å²) in [5.41, 5.74) is 0. The zero-order valence-corrected chi connectivity index (χ0v) is 44.8. The van der Waals surface area contributed by atoms with E-state index >= 15 is 0 Å². The van der Waals surface area contributed by atoms with Gasteiger partial charge in [0.15, 0.2) is 6.10 Å². The lowest BCUT2D eigenvalue weighted by atomic mass is 10.0. The van der Waals surface area contributed by atoms with Crippen LogP contribution in [-0.2, 0) is 28.6 Å². The zero-order chi connectivity index (χ0) is 50.0. The second-order valence-electron chi connectivity index (χ2n) is 18.4. The first-order valence-electron chi connectivity index (χ1n) is 28.4. The summed E-state index contributed by atoms with van der Waals surface area (Å²) in [5.74, 6) is -1.01. The topological polar surface area (TPSA) is 78.9 Å². The van der Waals surface area contributed by atoms with Gasteiger partial charge in [-0.25, -0.2) is 0 Å². The molecule has 0 N–H and O–H groups in total. The molecule has 0 bridgehead atoms. The molecule has 0 aromatic carbocycles. The highest BCUT2D eigenvalue weighted by Crippen LogP contribution is 2.16. The highest BCUT2D eigenvalue weighted by molar-refractivity contribution is 5.71. The van der Waals surface area contributed by atoms with E-state index in [0.29, 0.717) is 19.3 Å². The van der Waals surface area contributed by atoms with Crippen molar-refractivity contribution in [3.8, 4) is 0 Å². The van der Waals surface area contributed by atoms with Gasteiger partial charge in [0.2, 0.25) is 0 Å². The molecule has 6 heteroatoms. The molecule has 0 rings (SSSR count). The monoisotopic (exact) mass is 957 g/mol. The van der Waals surface area contributed by atoms with Crippen LogP contribution in [0, 0.1) is 0 Å². The van der Waals surface area contributed by atoms with Crippen LogP contribution in [-0.4, -0.2) is 37.2 Å². The Kier molecular flexibility index (Phi) is 53.4. The lowest BCUT2D eigenvalue weighted by Crippen LogP contribution is -2.30. The van der Waals surface area contributed by atoms with Gasteiger partial charge in [0.1, 0.15) is 13.2 Å². The Morgan fingerprint density at radius 1 is 0.304 bits per heavy atom. The number of hydrogen-bond acceptors (Lipinski definition) is 6. The van der Waals surface area contributed by atoms with Crippen LogP contribution < -0.4 is 0 Å². The summed E-state index contributed by atoms with van der Waals surface area (Å²) in [6, 6.07) is 0. The fourth-order valence-corrected chi connectivity index (χ4v) is 7.59. The number of rotatable bonds is 50. The van der Waals surface area contributed by atoms with Gasteiger partial charge in [-0.05, 0) is 96.3 Å². The maximum atomic E-state index is 12.8. The summed E-state index contributed by atoms with van der Waals surface area (Å²) >= 11 is 0. The molecule has 0 aliphatic heterocycles. The molecule has 0 saturated heterocycles. The predicted octanol–water partition coefficient (Wildman–Crippen LogP) is 19.1. The van der Waals surface area contributed by atoms with Gasteiger partial charge in [-0.2, -0.15) is 0 Å². The highest BCUT2D eigenvalue weighted by Gasteiger charge is 2.19. The fraction of sp³-hybridized carbons (Fsp3) is 0.667. The largest absolute Gasteiger partial charge is 0.462 e. The molecule has 1 atom stereocenters. The van der Waals surface area contributed by atoms with Crippen LogP contribution in [0.2, 0.25) is 0 Å². The van der Waals surface area contributed by atoms with Gasteiger partial charge >= 0.3 is 17.9 Å². The van der Waals surface area contributed by atoms with E-state index in [-0.39, 0.29) is 44.0 Å². The van der Waals surface area contributed by atoms with Crippen LogP contribution >= 0.6 is 0 Å².